The van der Waals surface area contributed by atoms with Crippen molar-refractivity contribution in [1.29, 1.82) is 0 Å². The van der Waals surface area contributed by atoms with Gasteiger partial charge < -0.3 is 15.0 Å². The molecule has 1 amide bonds. The summed E-state index contributed by atoms with van der Waals surface area (Å²) in [6, 6.07) is 8.67. The summed E-state index contributed by atoms with van der Waals surface area (Å²) in [5.74, 6) is -1.04. The molecule has 0 radical (unpaired) electrons. The Bertz CT molecular complexity index is 741. The lowest BCUT2D eigenvalue weighted by Gasteiger charge is -2.14. The Balaban J connectivity index is 1.91. The van der Waals surface area contributed by atoms with Crippen molar-refractivity contribution >= 4 is 23.2 Å². The highest BCUT2D eigenvalue weighted by Gasteiger charge is 2.13. The molecule has 2 aromatic carbocycles. The predicted molar refractivity (Wildman–Crippen MR) is 88.4 cm³/mol. The van der Waals surface area contributed by atoms with Gasteiger partial charge in [-0.2, -0.15) is 0 Å². The highest BCUT2D eigenvalue weighted by atomic mass is 35.5. The number of benzene rings is 2. The topological polar surface area (TPSA) is 42.8 Å². The van der Waals surface area contributed by atoms with Crippen LogP contribution in [0.1, 0.15) is 5.56 Å². The Kier molecular flexibility index (Phi) is 6.11. The van der Waals surface area contributed by atoms with Crippen molar-refractivity contribution in [3.63, 3.8) is 0 Å². The number of methoxy groups -OCH3 is 1. The van der Waals surface area contributed by atoms with E-state index in [0.29, 0.717) is 12.2 Å². The molecule has 0 aromatic heterocycles. The molecule has 0 spiro atoms. The number of rotatable bonds is 6. The quantitative estimate of drug-likeness (QED) is 0.835. The standard InChI is InChI=1S/C17H17ClF2N2O2/c1-22(9-11-3-6-16(24-2)15(20)7-11)10-17(23)21-12-4-5-14(19)13(18)8-12/h3-8H,9-10H2,1-2H3,(H,21,23)/p+1. The molecule has 0 saturated carbocycles. The van der Waals surface area contributed by atoms with Crippen LogP contribution in [0.2, 0.25) is 5.02 Å². The molecule has 0 saturated heterocycles. The predicted octanol–water partition coefficient (Wildman–Crippen LogP) is 2.28. The molecule has 4 nitrogen and oxygen atoms in total. The average molecular weight is 356 g/mol. The van der Waals surface area contributed by atoms with Gasteiger partial charge in [0.25, 0.3) is 5.91 Å². The molecule has 2 aromatic rings. The first-order chi connectivity index (χ1) is 11.4. The van der Waals surface area contributed by atoms with Crippen molar-refractivity contribution in [3.05, 3.63) is 58.6 Å². The highest BCUT2D eigenvalue weighted by molar-refractivity contribution is 6.31. The van der Waals surface area contributed by atoms with Crippen LogP contribution in [0.25, 0.3) is 0 Å². The second kappa shape index (κ2) is 8.08. The first-order valence-corrected chi connectivity index (χ1v) is 7.65. The van der Waals surface area contributed by atoms with Crippen LogP contribution in [0, 0.1) is 11.6 Å². The zero-order valence-electron chi connectivity index (χ0n) is 13.3. The van der Waals surface area contributed by atoms with E-state index >= 15 is 0 Å². The fourth-order valence-corrected chi connectivity index (χ4v) is 2.46. The van der Waals surface area contributed by atoms with Crippen LogP contribution in [-0.2, 0) is 11.3 Å². The number of hydrogen-bond donors (Lipinski definition) is 2. The van der Waals surface area contributed by atoms with Gasteiger partial charge in [-0.05, 0) is 36.4 Å². The van der Waals surface area contributed by atoms with Crippen molar-refractivity contribution in [3.8, 4) is 5.75 Å². The maximum Gasteiger partial charge on any atom is 0.279 e. The Morgan fingerprint density at radius 3 is 2.58 bits per heavy atom. The van der Waals surface area contributed by atoms with Crippen LogP contribution < -0.4 is 15.0 Å². The summed E-state index contributed by atoms with van der Waals surface area (Å²) in [5.41, 5.74) is 1.18. The van der Waals surface area contributed by atoms with Gasteiger partial charge in [0, 0.05) is 11.3 Å². The zero-order chi connectivity index (χ0) is 17.7. The zero-order valence-corrected chi connectivity index (χ0v) is 14.1. The third kappa shape index (κ3) is 4.91. The average Bonchev–Trinajstić information content (AvgIpc) is 2.51. The fourth-order valence-electron chi connectivity index (χ4n) is 2.28. The van der Waals surface area contributed by atoms with Crippen molar-refractivity contribution < 1.29 is 23.2 Å². The first-order valence-electron chi connectivity index (χ1n) is 7.27. The number of nitrogens with one attached hydrogen (secondary N) is 2. The minimum absolute atomic E-state index is 0.0535. The summed E-state index contributed by atoms with van der Waals surface area (Å²) in [4.78, 5) is 12.9. The van der Waals surface area contributed by atoms with Gasteiger partial charge in [-0.25, -0.2) is 8.78 Å². The lowest BCUT2D eigenvalue weighted by atomic mass is 10.2. The molecule has 0 aliphatic carbocycles. The van der Waals surface area contributed by atoms with Gasteiger partial charge in [0.1, 0.15) is 12.4 Å². The molecule has 1 unspecified atom stereocenters. The molecule has 2 rings (SSSR count). The van der Waals surface area contributed by atoms with Gasteiger partial charge in [-0.1, -0.05) is 11.6 Å². The number of carbonyl (C=O) groups is 1. The Labute approximate surface area is 144 Å². The van der Waals surface area contributed by atoms with Crippen molar-refractivity contribution in [1.82, 2.24) is 0 Å². The molecular weight excluding hydrogens is 338 g/mol. The summed E-state index contributed by atoms with van der Waals surface area (Å²) in [7, 11) is 3.22. The number of quaternary nitrogens is 1. The molecule has 128 valence electrons. The van der Waals surface area contributed by atoms with Crippen molar-refractivity contribution in [2.45, 2.75) is 6.54 Å². The lowest BCUT2D eigenvalue weighted by molar-refractivity contribution is -0.885. The Morgan fingerprint density at radius 1 is 1.21 bits per heavy atom. The summed E-state index contributed by atoms with van der Waals surface area (Å²) in [5, 5.41) is 2.60. The number of amides is 1. The Hall–Kier alpha value is -2.18. The number of likely N-dealkylation sites (N-methyl/N-ethyl adjacent to an activating group) is 1. The molecule has 24 heavy (non-hydrogen) atoms. The second-order valence-corrected chi connectivity index (χ2v) is 5.86. The minimum atomic E-state index is -0.543. The van der Waals surface area contributed by atoms with E-state index in [2.05, 4.69) is 5.32 Å². The molecular formula is C17H18ClF2N2O2+. The van der Waals surface area contributed by atoms with E-state index in [9.17, 15) is 13.6 Å². The van der Waals surface area contributed by atoms with E-state index in [4.69, 9.17) is 16.3 Å². The van der Waals surface area contributed by atoms with Crippen LogP contribution in [0.4, 0.5) is 14.5 Å². The number of halogens is 3. The van der Waals surface area contributed by atoms with Crippen LogP contribution >= 0.6 is 11.6 Å². The molecule has 0 fully saturated rings. The summed E-state index contributed by atoms with van der Waals surface area (Å²) in [6.07, 6.45) is 0. The van der Waals surface area contributed by atoms with Gasteiger partial charge in [0.15, 0.2) is 18.1 Å². The van der Waals surface area contributed by atoms with Crippen LogP contribution in [-0.4, -0.2) is 26.6 Å². The third-order valence-electron chi connectivity index (χ3n) is 3.39. The maximum atomic E-state index is 13.7. The van der Waals surface area contributed by atoms with E-state index in [-0.39, 0.29) is 23.2 Å². The Morgan fingerprint density at radius 2 is 1.96 bits per heavy atom. The van der Waals surface area contributed by atoms with E-state index in [1.165, 1.54) is 31.4 Å². The first kappa shape index (κ1) is 18.2. The normalized spacial score (nSPS) is 11.9. The van der Waals surface area contributed by atoms with Crippen molar-refractivity contribution in [2.24, 2.45) is 0 Å². The van der Waals surface area contributed by atoms with E-state index in [1.54, 1.807) is 12.1 Å². The van der Waals surface area contributed by atoms with Gasteiger partial charge >= 0.3 is 0 Å². The highest BCUT2D eigenvalue weighted by Crippen LogP contribution is 2.19. The molecule has 0 bridgehead atoms. The number of hydrogen-bond acceptors (Lipinski definition) is 2. The molecule has 0 aliphatic heterocycles. The minimum Gasteiger partial charge on any atom is -0.494 e. The lowest BCUT2D eigenvalue weighted by Crippen LogP contribution is -3.08. The van der Waals surface area contributed by atoms with Crippen LogP contribution in [0.15, 0.2) is 36.4 Å². The van der Waals surface area contributed by atoms with Crippen LogP contribution in [0.5, 0.6) is 5.75 Å². The van der Waals surface area contributed by atoms with Gasteiger partial charge in [-0.3, -0.25) is 4.79 Å². The summed E-state index contributed by atoms with van der Waals surface area (Å²) < 4.78 is 31.6. The third-order valence-corrected chi connectivity index (χ3v) is 3.68. The monoisotopic (exact) mass is 355 g/mol. The SMILES string of the molecule is COc1ccc(C[NH+](C)CC(=O)Nc2ccc(F)c(Cl)c2)cc1F. The number of carbonyl (C=O) groups excluding carboxylic acids is 1. The molecule has 1 atom stereocenters. The van der Waals surface area contributed by atoms with Gasteiger partial charge in [-0.15, -0.1) is 0 Å². The smallest absolute Gasteiger partial charge is 0.279 e. The van der Waals surface area contributed by atoms with Crippen LogP contribution in [0.3, 0.4) is 0 Å². The molecule has 7 heteroatoms. The molecule has 0 aliphatic rings. The number of ether oxygens (including phenoxy) is 1. The summed E-state index contributed by atoms with van der Waals surface area (Å²) in [6.45, 7) is 0.640. The summed E-state index contributed by atoms with van der Waals surface area (Å²) >= 11 is 5.67. The van der Waals surface area contributed by atoms with Gasteiger partial charge in [0.2, 0.25) is 0 Å². The number of anilines is 1. The largest absolute Gasteiger partial charge is 0.494 e. The van der Waals surface area contributed by atoms with E-state index in [0.717, 1.165) is 10.5 Å². The maximum absolute atomic E-state index is 13.7. The fraction of sp³-hybridized carbons (Fsp3) is 0.235. The second-order valence-electron chi connectivity index (χ2n) is 5.46. The van der Waals surface area contributed by atoms with Gasteiger partial charge in [0.05, 0.1) is 19.2 Å². The van der Waals surface area contributed by atoms with Crippen molar-refractivity contribution in [2.75, 3.05) is 26.0 Å². The van der Waals surface area contributed by atoms with E-state index in [1.807, 2.05) is 7.05 Å². The molecule has 2 N–H and O–H groups in total. The van der Waals surface area contributed by atoms with E-state index < -0.39 is 11.6 Å². The molecule has 0 heterocycles.